The summed E-state index contributed by atoms with van der Waals surface area (Å²) in [6.45, 7) is 0. The molecular weight excluding hydrogens is 320 g/mol. The fourth-order valence-electron chi connectivity index (χ4n) is 5.80. The van der Waals surface area contributed by atoms with Crippen molar-refractivity contribution in [1.82, 2.24) is 9.71 Å². The molecule has 2 heterocycles. The molecule has 4 aliphatic rings. The predicted molar refractivity (Wildman–Crippen MR) is 91.4 cm³/mol. The number of nitrogens with zero attached hydrogens (tertiary/aromatic N) is 2. The number of aromatic nitrogens is 2. The summed E-state index contributed by atoms with van der Waals surface area (Å²) in [5, 5.41) is 24.9. The van der Waals surface area contributed by atoms with Crippen molar-refractivity contribution in [2.75, 3.05) is 5.32 Å². The molecule has 0 spiro atoms. The number of nitrogens with one attached hydrogen (secondary N) is 1. The topological polar surface area (TPSA) is 113 Å². The monoisotopic (exact) mass is 342 g/mol. The fraction of sp³-hybridized carbons (Fsp3) is 0.556. The molecule has 4 aliphatic carbocycles. The summed E-state index contributed by atoms with van der Waals surface area (Å²) < 4.78 is 0.949. The number of primary amides is 1. The summed E-state index contributed by atoms with van der Waals surface area (Å²) in [5.74, 6) is 0.880. The number of anilines is 1. The number of amides is 1. The number of aliphatic hydroxyl groups is 1. The van der Waals surface area contributed by atoms with Crippen LogP contribution in [0.2, 0.25) is 0 Å². The smallest absolute Gasteiger partial charge is 0.252 e. The molecule has 4 saturated carbocycles. The van der Waals surface area contributed by atoms with Crippen molar-refractivity contribution in [2.24, 2.45) is 23.5 Å². The first kappa shape index (κ1) is 15.0. The zero-order chi connectivity index (χ0) is 17.3. The van der Waals surface area contributed by atoms with Crippen molar-refractivity contribution in [3.63, 3.8) is 0 Å². The van der Waals surface area contributed by atoms with Gasteiger partial charge in [-0.3, -0.25) is 4.79 Å². The van der Waals surface area contributed by atoms with Crippen molar-refractivity contribution < 1.29 is 15.1 Å². The van der Waals surface area contributed by atoms with Crippen molar-refractivity contribution >= 4 is 22.6 Å². The molecule has 2 atom stereocenters. The summed E-state index contributed by atoms with van der Waals surface area (Å²) in [5.41, 5.74) is 6.44. The molecule has 25 heavy (non-hydrogen) atoms. The van der Waals surface area contributed by atoms with Crippen LogP contribution in [-0.4, -0.2) is 37.6 Å². The van der Waals surface area contributed by atoms with Gasteiger partial charge >= 0.3 is 0 Å². The highest BCUT2D eigenvalue weighted by atomic mass is 16.5. The Labute approximate surface area is 144 Å². The first-order valence-electron chi connectivity index (χ1n) is 8.91. The van der Waals surface area contributed by atoms with Gasteiger partial charge in [-0.15, -0.1) is 0 Å². The van der Waals surface area contributed by atoms with Gasteiger partial charge in [-0.05, 0) is 55.9 Å². The van der Waals surface area contributed by atoms with Gasteiger partial charge in [0, 0.05) is 23.8 Å². The van der Waals surface area contributed by atoms with Crippen LogP contribution in [-0.2, 0) is 0 Å². The lowest BCUT2D eigenvalue weighted by molar-refractivity contribution is -0.129. The van der Waals surface area contributed by atoms with E-state index in [-0.39, 0.29) is 6.04 Å². The van der Waals surface area contributed by atoms with Gasteiger partial charge in [0.1, 0.15) is 0 Å². The molecule has 4 bridgehead atoms. The third kappa shape index (κ3) is 2.15. The highest BCUT2D eigenvalue weighted by molar-refractivity contribution is 6.06. The Bertz CT molecular complexity index is 861. The normalized spacial score (nSPS) is 36.0. The Morgan fingerprint density at radius 3 is 2.68 bits per heavy atom. The van der Waals surface area contributed by atoms with Crippen LogP contribution in [0.15, 0.2) is 18.5 Å². The van der Waals surface area contributed by atoms with Crippen LogP contribution in [0.25, 0.3) is 11.0 Å². The zero-order valence-corrected chi connectivity index (χ0v) is 13.9. The quantitative estimate of drug-likeness (QED) is 0.634. The average Bonchev–Trinajstić information content (AvgIpc) is 2.91. The molecule has 0 radical (unpaired) electrons. The Hall–Kier alpha value is -2.28. The van der Waals surface area contributed by atoms with Gasteiger partial charge in [0.25, 0.3) is 5.91 Å². The number of hydrogen-bond acceptors (Lipinski definition) is 5. The largest absolute Gasteiger partial charge is 0.427 e. The molecule has 132 valence electrons. The number of carbonyl (C=O) groups is 1. The van der Waals surface area contributed by atoms with Crippen LogP contribution in [0.3, 0.4) is 0 Å². The fourth-order valence-corrected chi connectivity index (χ4v) is 5.80. The number of carbonyl (C=O) groups excluding carboxylic acids is 1. The summed E-state index contributed by atoms with van der Waals surface area (Å²) in [7, 11) is 0. The maximum absolute atomic E-state index is 11.9. The average molecular weight is 342 g/mol. The minimum absolute atomic E-state index is 0.211. The van der Waals surface area contributed by atoms with Crippen molar-refractivity contribution in [3.05, 3.63) is 24.0 Å². The zero-order valence-electron chi connectivity index (χ0n) is 13.9. The van der Waals surface area contributed by atoms with Crippen LogP contribution in [0.5, 0.6) is 0 Å². The second-order valence-electron chi connectivity index (χ2n) is 8.17. The molecule has 5 N–H and O–H groups in total. The molecule has 4 fully saturated rings. The molecular formula is C18H22N4O3. The van der Waals surface area contributed by atoms with Crippen LogP contribution in [0, 0.1) is 17.8 Å². The first-order valence-corrected chi connectivity index (χ1v) is 8.91. The number of fused-ring (bicyclic) bond motifs is 1. The number of pyridine rings is 1. The minimum atomic E-state index is -0.537. The van der Waals surface area contributed by atoms with E-state index in [1.807, 2.05) is 0 Å². The molecule has 2 aromatic heterocycles. The molecule has 7 heteroatoms. The lowest BCUT2D eigenvalue weighted by atomic mass is 9.52. The van der Waals surface area contributed by atoms with E-state index >= 15 is 0 Å². The van der Waals surface area contributed by atoms with Gasteiger partial charge in [-0.2, -0.15) is 4.73 Å². The maximum Gasteiger partial charge on any atom is 0.252 e. The summed E-state index contributed by atoms with van der Waals surface area (Å²) in [6, 6.07) is 1.95. The first-order chi connectivity index (χ1) is 11.9. The van der Waals surface area contributed by atoms with Gasteiger partial charge in [0.15, 0.2) is 5.65 Å². The molecule has 0 saturated heterocycles. The third-order valence-corrected chi connectivity index (χ3v) is 6.51. The lowest BCUT2D eigenvalue weighted by Crippen LogP contribution is -2.59. The Kier molecular flexibility index (Phi) is 2.93. The molecule has 2 unspecified atom stereocenters. The summed E-state index contributed by atoms with van der Waals surface area (Å²) >= 11 is 0. The van der Waals surface area contributed by atoms with E-state index < -0.39 is 11.5 Å². The minimum Gasteiger partial charge on any atom is -0.427 e. The number of rotatable bonds is 3. The van der Waals surface area contributed by atoms with Gasteiger partial charge in [0.05, 0.1) is 16.9 Å². The van der Waals surface area contributed by atoms with Crippen LogP contribution in [0.4, 0.5) is 5.69 Å². The van der Waals surface area contributed by atoms with Gasteiger partial charge in [0.2, 0.25) is 0 Å². The van der Waals surface area contributed by atoms with E-state index in [9.17, 15) is 15.1 Å². The number of nitrogens with two attached hydrogens (primary N) is 1. The SMILES string of the molecule is NC(=O)c1cnc2c(ccn2O)c1NC1C2CC3CC1CC(O)(C3)C2. The van der Waals surface area contributed by atoms with Crippen molar-refractivity contribution in [3.8, 4) is 0 Å². The highest BCUT2D eigenvalue weighted by Gasteiger charge is 2.54. The second-order valence-corrected chi connectivity index (χ2v) is 8.17. The maximum atomic E-state index is 11.9. The van der Waals surface area contributed by atoms with Crippen LogP contribution >= 0.6 is 0 Å². The Morgan fingerprint density at radius 1 is 1.32 bits per heavy atom. The molecule has 2 aromatic rings. The van der Waals surface area contributed by atoms with E-state index in [2.05, 4.69) is 10.3 Å². The molecule has 0 aliphatic heterocycles. The van der Waals surface area contributed by atoms with Crippen LogP contribution < -0.4 is 11.1 Å². The van der Waals surface area contributed by atoms with E-state index in [1.54, 1.807) is 6.07 Å². The van der Waals surface area contributed by atoms with E-state index in [0.29, 0.717) is 40.0 Å². The van der Waals surface area contributed by atoms with E-state index in [0.717, 1.165) is 36.8 Å². The summed E-state index contributed by atoms with van der Waals surface area (Å²) in [6.07, 6.45) is 7.75. The van der Waals surface area contributed by atoms with Gasteiger partial charge < -0.3 is 21.4 Å². The van der Waals surface area contributed by atoms with E-state index in [4.69, 9.17) is 5.73 Å². The Balaban J connectivity index is 1.56. The molecule has 7 nitrogen and oxygen atoms in total. The van der Waals surface area contributed by atoms with Crippen molar-refractivity contribution in [2.45, 2.75) is 43.7 Å². The van der Waals surface area contributed by atoms with Crippen LogP contribution in [0.1, 0.15) is 42.5 Å². The highest BCUT2D eigenvalue weighted by Crippen LogP contribution is 2.56. The standard InChI is InChI=1S/C18H22N4O3/c19-16(23)13-8-20-17-12(1-2-22(17)25)15(13)21-14-10-3-9-4-11(14)7-18(24,5-9)6-10/h1-2,8-11,14,24-25H,3-7H2,(H2,19,23)(H,20,21). The summed E-state index contributed by atoms with van der Waals surface area (Å²) in [4.78, 5) is 16.1. The van der Waals surface area contributed by atoms with E-state index in [1.165, 1.54) is 12.4 Å². The van der Waals surface area contributed by atoms with Crippen molar-refractivity contribution in [1.29, 1.82) is 0 Å². The molecule has 6 rings (SSSR count). The molecule has 0 aromatic carbocycles. The third-order valence-electron chi connectivity index (χ3n) is 6.51. The Morgan fingerprint density at radius 2 is 2.04 bits per heavy atom. The van der Waals surface area contributed by atoms with Gasteiger partial charge in [-0.25, -0.2) is 4.98 Å². The van der Waals surface area contributed by atoms with Gasteiger partial charge in [-0.1, -0.05) is 0 Å². The second kappa shape index (κ2) is 4.88. The lowest BCUT2D eigenvalue weighted by Gasteiger charge is -2.58. The number of hydrogen-bond donors (Lipinski definition) is 4. The predicted octanol–water partition coefficient (Wildman–Crippen LogP) is 1.72. The molecule has 1 amide bonds.